The molecule has 2 aromatic carbocycles. The lowest BCUT2D eigenvalue weighted by Crippen LogP contribution is -2.40. The fourth-order valence-corrected chi connectivity index (χ4v) is 4.46. The number of nitrogens with zero attached hydrogens (tertiary/aromatic N) is 2. The molecule has 1 fully saturated rings. The predicted octanol–water partition coefficient (Wildman–Crippen LogP) is 1.55. The molecule has 8 heteroatoms. The fraction of sp³-hybridized carbons (Fsp3) is 0.318. The topological polar surface area (TPSA) is 79.0 Å². The maximum atomic E-state index is 12.6. The van der Waals surface area contributed by atoms with Gasteiger partial charge in [-0.05, 0) is 36.4 Å². The Morgan fingerprint density at radius 3 is 2.43 bits per heavy atom. The van der Waals surface area contributed by atoms with Crippen molar-refractivity contribution in [2.24, 2.45) is 0 Å². The molecule has 1 heterocycles. The van der Waals surface area contributed by atoms with Crippen LogP contribution in [0.5, 0.6) is 0 Å². The van der Waals surface area contributed by atoms with Crippen LogP contribution < -0.4 is 10.2 Å². The lowest BCUT2D eigenvalue weighted by atomic mass is 10.1. The second-order valence-electron chi connectivity index (χ2n) is 6.94. The molecule has 0 spiro atoms. The highest BCUT2D eigenvalue weighted by Gasteiger charge is 2.26. The zero-order valence-corrected chi connectivity index (χ0v) is 17.9. The number of ether oxygens (including phenoxy) is 1. The zero-order chi connectivity index (χ0) is 21.6. The minimum Gasteiger partial charge on any atom is -0.379 e. The van der Waals surface area contributed by atoms with Crippen LogP contribution in [-0.2, 0) is 14.8 Å². The van der Waals surface area contributed by atoms with E-state index in [0.29, 0.717) is 31.9 Å². The molecule has 0 radical (unpaired) electrons. The van der Waals surface area contributed by atoms with Crippen LogP contribution in [0.25, 0.3) is 0 Å². The summed E-state index contributed by atoms with van der Waals surface area (Å²) in [5, 5.41) is 2.74. The largest absolute Gasteiger partial charge is 0.379 e. The van der Waals surface area contributed by atoms with E-state index in [4.69, 9.17) is 4.74 Å². The van der Waals surface area contributed by atoms with Gasteiger partial charge in [-0.2, -0.15) is 4.31 Å². The molecule has 1 aliphatic heterocycles. The highest BCUT2D eigenvalue weighted by atomic mass is 32.2. The van der Waals surface area contributed by atoms with E-state index in [1.165, 1.54) is 28.6 Å². The molecule has 0 aliphatic carbocycles. The third kappa shape index (κ3) is 5.19. The Morgan fingerprint density at radius 1 is 1.10 bits per heavy atom. The molecule has 0 unspecified atom stereocenters. The summed E-state index contributed by atoms with van der Waals surface area (Å²) in [5.74, 6) is 5.71. The maximum absolute atomic E-state index is 12.6. The molecule has 0 atom stereocenters. The number of amides is 1. The lowest BCUT2D eigenvalue weighted by Gasteiger charge is -2.26. The SMILES string of the molecule is CN(C)c1ccccc1C#CCNC(=O)c1ccc(S(=O)(=O)N2CCOCC2)cc1. The van der Waals surface area contributed by atoms with Crippen molar-refractivity contribution in [1.82, 2.24) is 9.62 Å². The lowest BCUT2D eigenvalue weighted by molar-refractivity contribution is 0.0730. The number of nitrogens with one attached hydrogen (secondary N) is 1. The number of carbonyl (C=O) groups excluding carboxylic acids is 1. The summed E-state index contributed by atoms with van der Waals surface area (Å²) in [5.41, 5.74) is 2.27. The molecule has 0 saturated carbocycles. The van der Waals surface area contributed by atoms with Crippen LogP contribution in [0.4, 0.5) is 5.69 Å². The second-order valence-corrected chi connectivity index (χ2v) is 8.87. The van der Waals surface area contributed by atoms with Gasteiger partial charge in [-0.15, -0.1) is 0 Å². The molecule has 0 aromatic heterocycles. The number of morpholine rings is 1. The molecular weight excluding hydrogens is 402 g/mol. The van der Waals surface area contributed by atoms with Crippen LogP contribution in [0.1, 0.15) is 15.9 Å². The normalized spacial score (nSPS) is 14.5. The van der Waals surface area contributed by atoms with Crippen LogP contribution in [0.3, 0.4) is 0 Å². The van der Waals surface area contributed by atoms with Gasteiger partial charge in [-0.25, -0.2) is 8.42 Å². The molecule has 158 valence electrons. The molecule has 1 N–H and O–H groups in total. The molecule has 1 amide bonds. The number of hydrogen-bond donors (Lipinski definition) is 1. The van der Waals surface area contributed by atoms with Gasteiger partial charge in [0.25, 0.3) is 5.91 Å². The number of para-hydroxylation sites is 1. The Kier molecular flexibility index (Phi) is 7.11. The number of sulfonamides is 1. The first kappa shape index (κ1) is 21.8. The van der Waals surface area contributed by atoms with Gasteiger partial charge in [0.1, 0.15) is 0 Å². The summed E-state index contributed by atoms with van der Waals surface area (Å²) in [6.45, 7) is 1.63. The smallest absolute Gasteiger partial charge is 0.252 e. The molecule has 2 aromatic rings. The number of anilines is 1. The van der Waals surface area contributed by atoms with Gasteiger partial charge in [0.2, 0.25) is 10.0 Å². The highest BCUT2D eigenvalue weighted by molar-refractivity contribution is 7.89. The quantitative estimate of drug-likeness (QED) is 0.733. The summed E-state index contributed by atoms with van der Waals surface area (Å²) in [7, 11) is 0.327. The van der Waals surface area contributed by atoms with Crippen molar-refractivity contribution < 1.29 is 17.9 Å². The van der Waals surface area contributed by atoms with Crippen LogP contribution in [0, 0.1) is 11.8 Å². The van der Waals surface area contributed by atoms with Crippen molar-refractivity contribution in [3.8, 4) is 11.8 Å². The van der Waals surface area contributed by atoms with Crippen LogP contribution >= 0.6 is 0 Å². The molecule has 0 bridgehead atoms. The molecule has 3 rings (SSSR count). The number of benzene rings is 2. The van der Waals surface area contributed by atoms with Gasteiger partial charge in [-0.1, -0.05) is 24.0 Å². The molecular formula is C22H25N3O4S. The molecule has 1 aliphatic rings. The Bertz CT molecular complexity index is 1050. The van der Waals surface area contributed by atoms with Crippen molar-refractivity contribution in [3.63, 3.8) is 0 Å². The van der Waals surface area contributed by atoms with Crippen molar-refractivity contribution >= 4 is 21.6 Å². The number of carbonyl (C=O) groups is 1. The van der Waals surface area contributed by atoms with Gasteiger partial charge in [0, 0.05) is 38.3 Å². The van der Waals surface area contributed by atoms with Crippen molar-refractivity contribution in [1.29, 1.82) is 0 Å². The molecule has 7 nitrogen and oxygen atoms in total. The summed E-state index contributed by atoms with van der Waals surface area (Å²) >= 11 is 0. The van der Waals surface area contributed by atoms with Crippen LogP contribution in [-0.4, -0.2) is 65.6 Å². The van der Waals surface area contributed by atoms with Gasteiger partial charge >= 0.3 is 0 Å². The molecule has 30 heavy (non-hydrogen) atoms. The first-order valence-corrected chi connectivity index (χ1v) is 11.0. The first-order chi connectivity index (χ1) is 14.4. The van der Waals surface area contributed by atoms with E-state index in [0.717, 1.165) is 11.3 Å². The summed E-state index contributed by atoms with van der Waals surface area (Å²) < 4.78 is 31.9. The third-order valence-electron chi connectivity index (χ3n) is 4.67. The molecule has 1 saturated heterocycles. The predicted molar refractivity (Wildman–Crippen MR) is 116 cm³/mol. The standard InChI is InChI=1S/C22H25N3O4S/c1-24(2)21-8-4-3-6-18(21)7-5-13-23-22(26)19-9-11-20(12-10-19)30(27,28)25-14-16-29-17-15-25/h3-4,6,8-12H,13-17H2,1-2H3,(H,23,26). The Morgan fingerprint density at radius 2 is 1.77 bits per heavy atom. The van der Waals surface area contributed by atoms with Gasteiger partial charge in [0.15, 0.2) is 0 Å². The summed E-state index contributed by atoms with van der Waals surface area (Å²) in [4.78, 5) is 14.5. The van der Waals surface area contributed by atoms with E-state index in [9.17, 15) is 13.2 Å². The van der Waals surface area contributed by atoms with Crippen molar-refractivity contribution in [3.05, 3.63) is 59.7 Å². The summed E-state index contributed by atoms with van der Waals surface area (Å²) in [6.07, 6.45) is 0. The summed E-state index contributed by atoms with van der Waals surface area (Å²) in [6, 6.07) is 13.7. The first-order valence-electron chi connectivity index (χ1n) is 9.61. The highest BCUT2D eigenvalue weighted by Crippen LogP contribution is 2.18. The fourth-order valence-electron chi connectivity index (χ4n) is 3.05. The van der Waals surface area contributed by atoms with E-state index in [-0.39, 0.29) is 17.3 Å². The third-order valence-corrected chi connectivity index (χ3v) is 6.58. The van der Waals surface area contributed by atoms with E-state index in [2.05, 4.69) is 17.2 Å². The maximum Gasteiger partial charge on any atom is 0.252 e. The van der Waals surface area contributed by atoms with E-state index in [1.807, 2.05) is 43.3 Å². The van der Waals surface area contributed by atoms with Crippen LogP contribution in [0.2, 0.25) is 0 Å². The van der Waals surface area contributed by atoms with E-state index >= 15 is 0 Å². The van der Waals surface area contributed by atoms with Crippen LogP contribution in [0.15, 0.2) is 53.4 Å². The average molecular weight is 428 g/mol. The number of rotatable bonds is 5. The minimum absolute atomic E-state index is 0.168. The zero-order valence-electron chi connectivity index (χ0n) is 17.1. The monoisotopic (exact) mass is 427 g/mol. The van der Waals surface area contributed by atoms with Gasteiger partial charge < -0.3 is 15.0 Å². The van der Waals surface area contributed by atoms with E-state index in [1.54, 1.807) is 0 Å². The van der Waals surface area contributed by atoms with Crippen molar-refractivity contribution in [2.75, 3.05) is 51.8 Å². The van der Waals surface area contributed by atoms with Gasteiger partial charge in [-0.3, -0.25) is 4.79 Å². The van der Waals surface area contributed by atoms with Gasteiger partial charge in [0.05, 0.1) is 30.3 Å². The number of hydrogen-bond acceptors (Lipinski definition) is 5. The Hall–Kier alpha value is -2.86. The Balaban J connectivity index is 1.61. The minimum atomic E-state index is -3.57. The average Bonchev–Trinajstić information content (AvgIpc) is 2.77. The second kappa shape index (κ2) is 9.76. The van der Waals surface area contributed by atoms with Crippen molar-refractivity contribution in [2.45, 2.75) is 4.90 Å². The van der Waals surface area contributed by atoms with E-state index < -0.39 is 10.0 Å². The Labute approximate surface area is 177 Å².